The lowest BCUT2D eigenvalue weighted by atomic mass is 9.88. The van der Waals surface area contributed by atoms with Crippen molar-refractivity contribution in [2.75, 3.05) is 26.2 Å². The summed E-state index contributed by atoms with van der Waals surface area (Å²) >= 11 is 0. The van der Waals surface area contributed by atoms with Crippen LogP contribution in [0.1, 0.15) is 53.9 Å². The molecule has 3 rings (SSSR count). The van der Waals surface area contributed by atoms with E-state index in [0.717, 1.165) is 38.9 Å². The number of carbonyl (C=O) groups is 2. The minimum Gasteiger partial charge on any atom is -0.444 e. The van der Waals surface area contributed by atoms with Crippen LogP contribution in [0.4, 0.5) is 4.79 Å². The number of hydrogen-bond donors (Lipinski definition) is 1. The topological polar surface area (TPSA) is 61.9 Å². The lowest BCUT2D eigenvalue weighted by Crippen LogP contribution is -2.49. The Morgan fingerprint density at radius 1 is 1.23 bits per heavy atom. The first-order valence-electron chi connectivity index (χ1n) is 11.2. The molecule has 0 radical (unpaired) electrons. The van der Waals surface area contributed by atoms with Crippen LogP contribution >= 0.6 is 0 Å². The van der Waals surface area contributed by atoms with E-state index in [4.69, 9.17) is 4.74 Å². The van der Waals surface area contributed by atoms with Crippen LogP contribution in [0.25, 0.3) is 0 Å². The van der Waals surface area contributed by atoms with Gasteiger partial charge in [-0.05, 0) is 63.5 Å². The quantitative estimate of drug-likeness (QED) is 0.757. The zero-order valence-electron chi connectivity index (χ0n) is 19.1. The van der Waals surface area contributed by atoms with Crippen LogP contribution in [0, 0.1) is 11.8 Å². The number of ether oxygens (including phenoxy) is 1. The Labute approximate surface area is 181 Å². The number of rotatable bonds is 4. The van der Waals surface area contributed by atoms with E-state index in [1.807, 2.05) is 25.7 Å². The summed E-state index contributed by atoms with van der Waals surface area (Å²) in [6.07, 6.45) is 11.9. The van der Waals surface area contributed by atoms with Gasteiger partial charge in [-0.15, -0.1) is 0 Å². The van der Waals surface area contributed by atoms with Crippen molar-refractivity contribution < 1.29 is 14.3 Å². The fourth-order valence-electron chi connectivity index (χ4n) is 4.61. The monoisotopic (exact) mass is 415 g/mol. The zero-order chi connectivity index (χ0) is 21.9. The Morgan fingerprint density at radius 2 is 1.97 bits per heavy atom. The Morgan fingerprint density at radius 3 is 2.67 bits per heavy atom. The van der Waals surface area contributed by atoms with Gasteiger partial charge in [-0.25, -0.2) is 4.79 Å². The number of likely N-dealkylation sites (tertiary alicyclic amines) is 1. The van der Waals surface area contributed by atoms with Crippen LogP contribution in [0.15, 0.2) is 35.6 Å². The highest BCUT2D eigenvalue weighted by Crippen LogP contribution is 2.38. The molecule has 1 N–H and O–H groups in total. The van der Waals surface area contributed by atoms with Gasteiger partial charge in [0, 0.05) is 44.8 Å². The molecule has 0 saturated carbocycles. The van der Waals surface area contributed by atoms with Gasteiger partial charge in [0.1, 0.15) is 5.60 Å². The molecule has 166 valence electrons. The summed E-state index contributed by atoms with van der Waals surface area (Å²) in [4.78, 5) is 28.4. The lowest BCUT2D eigenvalue weighted by molar-refractivity contribution is -0.119. The summed E-state index contributed by atoms with van der Waals surface area (Å²) in [5.41, 5.74) is 2.14. The fourth-order valence-corrected chi connectivity index (χ4v) is 4.61. The average Bonchev–Trinajstić information content (AvgIpc) is 2.90. The summed E-state index contributed by atoms with van der Waals surface area (Å²) in [5.74, 6) is 0.803. The van der Waals surface area contributed by atoms with Crippen LogP contribution in [0.3, 0.4) is 0 Å². The third-order valence-corrected chi connectivity index (χ3v) is 6.01. The molecule has 0 bridgehead atoms. The second-order valence-corrected chi connectivity index (χ2v) is 9.76. The number of nitrogens with one attached hydrogen (secondary N) is 1. The second kappa shape index (κ2) is 9.27. The van der Waals surface area contributed by atoms with E-state index in [0.29, 0.717) is 24.4 Å². The molecule has 0 aromatic rings. The molecule has 2 amide bonds. The highest BCUT2D eigenvalue weighted by atomic mass is 16.6. The Balaban J connectivity index is 1.74. The standard InChI is InChI=1S/C24H37N3O3/c1-17-8-10-19-15-22(27(21(19)11-9-17)14-12-25-18(2)28)20-7-6-13-26(16-20)23(29)30-24(3,4)5/h8-11,17,20,22H,6-7,12-16H2,1-5H3,(H,25,28). The molecule has 3 atom stereocenters. The highest BCUT2D eigenvalue weighted by Gasteiger charge is 2.38. The third kappa shape index (κ3) is 5.67. The van der Waals surface area contributed by atoms with Crippen molar-refractivity contribution in [3.63, 3.8) is 0 Å². The van der Waals surface area contributed by atoms with Gasteiger partial charge in [0.05, 0.1) is 0 Å². The maximum absolute atomic E-state index is 12.6. The van der Waals surface area contributed by atoms with Crippen LogP contribution < -0.4 is 5.32 Å². The highest BCUT2D eigenvalue weighted by molar-refractivity contribution is 5.72. The van der Waals surface area contributed by atoms with Crippen molar-refractivity contribution in [2.45, 2.75) is 65.5 Å². The van der Waals surface area contributed by atoms with E-state index in [1.54, 1.807) is 6.92 Å². The number of piperidine rings is 1. The minimum absolute atomic E-state index is 0.00126. The van der Waals surface area contributed by atoms with Crippen molar-refractivity contribution in [1.82, 2.24) is 15.1 Å². The van der Waals surface area contributed by atoms with E-state index in [1.165, 1.54) is 11.3 Å². The molecule has 30 heavy (non-hydrogen) atoms. The molecular weight excluding hydrogens is 378 g/mol. The summed E-state index contributed by atoms with van der Waals surface area (Å²) in [6.45, 7) is 12.4. The molecule has 0 aromatic heterocycles. The van der Waals surface area contributed by atoms with Crippen molar-refractivity contribution >= 4 is 12.0 Å². The molecule has 1 saturated heterocycles. The normalized spacial score (nSPS) is 26.5. The Hall–Kier alpha value is -2.24. The first-order chi connectivity index (χ1) is 14.1. The van der Waals surface area contributed by atoms with Gasteiger partial charge in [0.2, 0.25) is 5.91 Å². The molecule has 6 heteroatoms. The molecule has 3 unspecified atom stereocenters. The van der Waals surface area contributed by atoms with Crippen LogP contribution in [-0.4, -0.2) is 59.6 Å². The van der Waals surface area contributed by atoms with Crippen LogP contribution in [0.2, 0.25) is 0 Å². The second-order valence-electron chi connectivity index (χ2n) is 9.76. The van der Waals surface area contributed by atoms with Gasteiger partial charge in [0.25, 0.3) is 0 Å². The van der Waals surface area contributed by atoms with Crippen molar-refractivity contribution in [1.29, 1.82) is 0 Å². The number of hydrogen-bond acceptors (Lipinski definition) is 4. The van der Waals surface area contributed by atoms with Gasteiger partial charge in [-0.2, -0.15) is 0 Å². The van der Waals surface area contributed by atoms with Crippen LogP contribution in [-0.2, 0) is 9.53 Å². The molecule has 0 spiro atoms. The predicted octanol–water partition coefficient (Wildman–Crippen LogP) is 3.86. The fraction of sp³-hybridized carbons (Fsp3) is 0.667. The van der Waals surface area contributed by atoms with Gasteiger partial charge in [-0.1, -0.05) is 25.2 Å². The first kappa shape index (κ1) is 22.4. The zero-order valence-corrected chi connectivity index (χ0v) is 19.1. The number of allylic oxidation sites excluding steroid dienone is 4. The van der Waals surface area contributed by atoms with Gasteiger partial charge in [0.15, 0.2) is 0 Å². The largest absolute Gasteiger partial charge is 0.444 e. The maximum atomic E-state index is 12.6. The number of carbonyl (C=O) groups excluding carboxylic acids is 2. The summed E-state index contributed by atoms with van der Waals surface area (Å²) in [5, 5.41) is 2.94. The molecule has 1 aliphatic carbocycles. The summed E-state index contributed by atoms with van der Waals surface area (Å²) < 4.78 is 5.62. The van der Waals surface area contributed by atoms with Crippen molar-refractivity contribution in [3.8, 4) is 0 Å². The molecular formula is C24H37N3O3. The smallest absolute Gasteiger partial charge is 0.410 e. The van der Waals surface area contributed by atoms with E-state index in [-0.39, 0.29) is 12.0 Å². The summed E-state index contributed by atoms with van der Waals surface area (Å²) in [7, 11) is 0. The van der Waals surface area contributed by atoms with Crippen LogP contribution in [0.5, 0.6) is 0 Å². The number of amides is 2. The van der Waals surface area contributed by atoms with Crippen molar-refractivity contribution in [3.05, 3.63) is 35.6 Å². The molecule has 2 aliphatic heterocycles. The van der Waals surface area contributed by atoms with E-state index >= 15 is 0 Å². The predicted molar refractivity (Wildman–Crippen MR) is 119 cm³/mol. The molecule has 6 nitrogen and oxygen atoms in total. The SMILES string of the molecule is CC(=O)NCCN1C2=C(C=CC(C)C=C2)CC1C1CCCN(C(=O)OC(C)(C)C)C1. The maximum Gasteiger partial charge on any atom is 0.410 e. The molecule has 3 aliphatic rings. The molecule has 2 heterocycles. The van der Waals surface area contributed by atoms with E-state index in [2.05, 4.69) is 41.4 Å². The molecule has 0 aromatic carbocycles. The van der Waals surface area contributed by atoms with E-state index < -0.39 is 5.60 Å². The third-order valence-electron chi connectivity index (χ3n) is 6.01. The molecule has 1 fully saturated rings. The Bertz CT molecular complexity index is 747. The average molecular weight is 416 g/mol. The first-order valence-corrected chi connectivity index (χ1v) is 11.2. The lowest BCUT2D eigenvalue weighted by Gasteiger charge is -2.40. The van der Waals surface area contributed by atoms with Crippen molar-refractivity contribution in [2.24, 2.45) is 11.8 Å². The van der Waals surface area contributed by atoms with E-state index in [9.17, 15) is 9.59 Å². The minimum atomic E-state index is -0.479. The van der Waals surface area contributed by atoms with Gasteiger partial charge in [-0.3, -0.25) is 4.79 Å². The van der Waals surface area contributed by atoms with Gasteiger partial charge >= 0.3 is 6.09 Å². The summed E-state index contributed by atoms with van der Waals surface area (Å²) in [6, 6.07) is 0.330. The number of nitrogens with zero attached hydrogens (tertiary/aromatic N) is 2. The Kier molecular flexibility index (Phi) is 6.94. The van der Waals surface area contributed by atoms with Gasteiger partial charge < -0.3 is 19.9 Å².